The Hall–Kier alpha value is -0.170. The van der Waals surface area contributed by atoms with Gasteiger partial charge in [0, 0.05) is 0 Å². The molecule has 0 rings (SSSR count). The lowest BCUT2D eigenvalue weighted by Gasteiger charge is -1.85. The Balaban J connectivity index is 3.26. The van der Waals surface area contributed by atoms with Crippen LogP contribution in [0.1, 0.15) is 0 Å². The van der Waals surface area contributed by atoms with Gasteiger partial charge in [0.15, 0.2) is 0 Å². The number of hydrogen-bond donors (Lipinski definition) is 1. The molecule has 36 valence electrons. The lowest BCUT2D eigenvalue weighted by atomic mass is 10.8. The molecule has 0 aromatic rings. The minimum Gasteiger partial charge on any atom is -0.479 e. The Morgan fingerprint density at radius 1 is 2.00 bits per heavy atom. The molecular formula is C2H4FO2P. The van der Waals surface area contributed by atoms with Crippen LogP contribution in [-0.2, 0) is 4.79 Å². The number of hydrogen-bond acceptors (Lipinski definition) is 1. The molecule has 0 aliphatic carbocycles. The quantitative estimate of drug-likeness (QED) is 0.491. The van der Waals surface area contributed by atoms with Gasteiger partial charge in [-0.25, -0.2) is 9.18 Å². The monoisotopic (exact) mass is 110 g/mol. The lowest BCUT2D eigenvalue weighted by Crippen LogP contribution is -2.04. The van der Waals surface area contributed by atoms with Crippen LogP contribution in [0.2, 0.25) is 0 Å². The molecule has 0 aliphatic rings. The number of alkyl halides is 1. The SMILES string of the molecule is O=C(O)C(F)P. The van der Waals surface area contributed by atoms with Crippen LogP contribution < -0.4 is 0 Å². The predicted molar refractivity (Wildman–Crippen MR) is 22.2 cm³/mol. The van der Waals surface area contributed by atoms with Crippen molar-refractivity contribution in [1.82, 2.24) is 0 Å². The first-order chi connectivity index (χ1) is 2.64. The van der Waals surface area contributed by atoms with Gasteiger partial charge in [0.2, 0.25) is 5.91 Å². The normalized spacial score (nSPS) is 13.7. The van der Waals surface area contributed by atoms with E-state index < -0.39 is 11.9 Å². The Morgan fingerprint density at radius 2 is 2.17 bits per heavy atom. The summed E-state index contributed by atoms with van der Waals surface area (Å²) in [5, 5.41) is 7.59. The number of carboxylic acids is 1. The fraction of sp³-hybridized carbons (Fsp3) is 0.500. The second-order valence-electron chi connectivity index (χ2n) is 0.740. The molecule has 1 N–H and O–H groups in total. The number of carbonyl (C=O) groups is 1. The largest absolute Gasteiger partial charge is 0.479 e. The van der Waals surface area contributed by atoms with Gasteiger partial charge in [-0.1, -0.05) is 9.24 Å². The Bertz CT molecular complexity index is 62.6. The molecule has 0 heterocycles. The van der Waals surface area contributed by atoms with E-state index in [-0.39, 0.29) is 0 Å². The minimum atomic E-state index is -1.81. The zero-order valence-electron chi connectivity index (χ0n) is 2.89. The maximum atomic E-state index is 11.2. The molecule has 0 bridgehead atoms. The van der Waals surface area contributed by atoms with Crippen molar-refractivity contribution in [1.29, 1.82) is 0 Å². The third-order valence-electron chi connectivity index (χ3n) is 0.236. The summed E-state index contributed by atoms with van der Waals surface area (Å²) in [7, 11) is 1.51. The van der Waals surface area contributed by atoms with E-state index in [2.05, 4.69) is 0 Å². The fourth-order valence-electron chi connectivity index (χ4n) is 0. The molecule has 0 aromatic carbocycles. The highest BCUT2D eigenvalue weighted by molar-refractivity contribution is 7.19. The first-order valence-electron chi connectivity index (χ1n) is 1.27. The summed E-state index contributed by atoms with van der Waals surface area (Å²) in [5.74, 6) is -3.26. The molecule has 0 saturated heterocycles. The highest BCUT2D eigenvalue weighted by Gasteiger charge is 2.04. The molecule has 2 atom stereocenters. The van der Waals surface area contributed by atoms with Crippen LogP contribution in [0.4, 0.5) is 4.39 Å². The van der Waals surface area contributed by atoms with Crippen LogP contribution in [0, 0.1) is 0 Å². The molecule has 0 radical (unpaired) electrons. The Morgan fingerprint density at radius 3 is 2.17 bits per heavy atom. The van der Waals surface area contributed by atoms with Crippen molar-refractivity contribution in [3.05, 3.63) is 0 Å². The zero-order chi connectivity index (χ0) is 5.15. The molecule has 0 aliphatic heterocycles. The fourth-order valence-corrected chi connectivity index (χ4v) is 0. The van der Waals surface area contributed by atoms with E-state index in [1.165, 1.54) is 9.24 Å². The van der Waals surface area contributed by atoms with E-state index in [1.54, 1.807) is 0 Å². The molecular weight excluding hydrogens is 106 g/mol. The van der Waals surface area contributed by atoms with Crippen molar-refractivity contribution in [2.75, 3.05) is 0 Å². The average molecular weight is 110 g/mol. The third-order valence-corrected chi connectivity index (χ3v) is 0.521. The molecule has 4 heteroatoms. The van der Waals surface area contributed by atoms with Crippen molar-refractivity contribution in [3.8, 4) is 0 Å². The second-order valence-corrected chi connectivity index (χ2v) is 1.33. The number of halogens is 1. The number of carboxylic acid groups (broad SMARTS) is 1. The molecule has 0 aromatic heterocycles. The van der Waals surface area contributed by atoms with Gasteiger partial charge in [-0.2, -0.15) is 0 Å². The van der Waals surface area contributed by atoms with Crippen molar-refractivity contribution in [2.45, 2.75) is 5.91 Å². The number of aliphatic carboxylic acids is 1. The summed E-state index contributed by atoms with van der Waals surface area (Å²) < 4.78 is 11.2. The molecule has 0 spiro atoms. The number of rotatable bonds is 1. The van der Waals surface area contributed by atoms with Crippen LogP contribution in [0.25, 0.3) is 0 Å². The topological polar surface area (TPSA) is 37.3 Å². The summed E-state index contributed by atoms with van der Waals surface area (Å²) in [6, 6.07) is 0. The maximum absolute atomic E-state index is 11.2. The van der Waals surface area contributed by atoms with Gasteiger partial charge in [0.25, 0.3) is 0 Å². The maximum Gasteiger partial charge on any atom is 0.342 e. The Labute approximate surface area is 36.6 Å². The molecule has 0 amide bonds. The van der Waals surface area contributed by atoms with Crippen LogP contribution in [0.5, 0.6) is 0 Å². The van der Waals surface area contributed by atoms with Crippen molar-refractivity contribution < 1.29 is 14.3 Å². The summed E-state index contributed by atoms with van der Waals surface area (Å²) in [6.45, 7) is 0. The molecule has 2 unspecified atom stereocenters. The summed E-state index contributed by atoms with van der Waals surface area (Å²) >= 11 is 0. The van der Waals surface area contributed by atoms with Gasteiger partial charge in [-0.05, 0) is 0 Å². The van der Waals surface area contributed by atoms with E-state index in [1.807, 2.05) is 0 Å². The summed E-state index contributed by atoms with van der Waals surface area (Å²) in [6.07, 6.45) is 0. The first-order valence-corrected chi connectivity index (χ1v) is 1.93. The van der Waals surface area contributed by atoms with Crippen LogP contribution in [0.15, 0.2) is 0 Å². The van der Waals surface area contributed by atoms with E-state index in [4.69, 9.17) is 5.11 Å². The van der Waals surface area contributed by atoms with Crippen LogP contribution in [0.3, 0.4) is 0 Å². The summed E-state index contributed by atoms with van der Waals surface area (Å²) in [5.41, 5.74) is 0. The first kappa shape index (κ1) is 5.83. The second kappa shape index (κ2) is 2.08. The predicted octanol–water partition coefficient (Wildman–Crippen LogP) is 0.242. The van der Waals surface area contributed by atoms with E-state index in [0.717, 1.165) is 0 Å². The minimum absolute atomic E-state index is 1.44. The standard InChI is InChI=1S/C2H4FO2P/c3-1(6)2(4)5/h1H,6H2,(H,4,5). The lowest BCUT2D eigenvalue weighted by molar-refractivity contribution is -0.139. The van der Waals surface area contributed by atoms with E-state index in [9.17, 15) is 9.18 Å². The summed E-state index contributed by atoms with van der Waals surface area (Å²) in [4.78, 5) is 9.30. The smallest absolute Gasteiger partial charge is 0.342 e. The van der Waals surface area contributed by atoms with Crippen LogP contribution >= 0.6 is 9.24 Å². The molecule has 0 saturated carbocycles. The van der Waals surface area contributed by atoms with Gasteiger partial charge in [-0.15, -0.1) is 0 Å². The Kier molecular flexibility index (Phi) is 2.03. The third kappa shape index (κ3) is 2.09. The zero-order valence-corrected chi connectivity index (χ0v) is 4.04. The molecule has 6 heavy (non-hydrogen) atoms. The van der Waals surface area contributed by atoms with E-state index >= 15 is 0 Å². The van der Waals surface area contributed by atoms with Crippen LogP contribution in [-0.4, -0.2) is 17.0 Å². The van der Waals surface area contributed by atoms with Crippen molar-refractivity contribution in [2.24, 2.45) is 0 Å². The average Bonchev–Trinajstić information content (AvgIpc) is 1.36. The van der Waals surface area contributed by atoms with Gasteiger partial charge in [0.1, 0.15) is 0 Å². The molecule has 2 nitrogen and oxygen atoms in total. The van der Waals surface area contributed by atoms with Gasteiger partial charge in [-0.3, -0.25) is 0 Å². The van der Waals surface area contributed by atoms with Gasteiger partial charge < -0.3 is 5.11 Å². The van der Waals surface area contributed by atoms with Crippen molar-refractivity contribution in [3.63, 3.8) is 0 Å². The van der Waals surface area contributed by atoms with Gasteiger partial charge >= 0.3 is 5.97 Å². The highest BCUT2D eigenvalue weighted by Crippen LogP contribution is 1.98. The van der Waals surface area contributed by atoms with Crippen molar-refractivity contribution >= 4 is 15.2 Å². The van der Waals surface area contributed by atoms with Gasteiger partial charge in [0.05, 0.1) is 0 Å². The molecule has 0 fully saturated rings. The highest BCUT2D eigenvalue weighted by atomic mass is 31.0. The van der Waals surface area contributed by atoms with E-state index in [0.29, 0.717) is 0 Å².